The van der Waals surface area contributed by atoms with Crippen molar-refractivity contribution in [2.24, 2.45) is 0 Å². The van der Waals surface area contributed by atoms with Crippen molar-refractivity contribution >= 4 is 30.8 Å². The first-order valence-corrected chi connectivity index (χ1v) is 15.1. The highest BCUT2D eigenvalue weighted by Crippen LogP contribution is 2.39. The van der Waals surface area contributed by atoms with Gasteiger partial charge in [0.2, 0.25) is 5.82 Å². The van der Waals surface area contributed by atoms with E-state index in [4.69, 9.17) is 25.5 Å². The number of rotatable bonds is 9. The summed E-state index contributed by atoms with van der Waals surface area (Å²) < 4.78 is 18.1. The van der Waals surface area contributed by atoms with E-state index in [9.17, 15) is 0 Å². The van der Waals surface area contributed by atoms with E-state index in [1.165, 1.54) is 0 Å². The lowest BCUT2D eigenvalue weighted by Gasteiger charge is -2.38. The zero-order valence-corrected chi connectivity index (χ0v) is 23.3. The third-order valence-electron chi connectivity index (χ3n) is 6.51. The molecule has 0 spiro atoms. The van der Waals surface area contributed by atoms with E-state index < -0.39 is 14.4 Å². The molecule has 1 unspecified atom stereocenters. The molecule has 0 aliphatic carbocycles. The van der Waals surface area contributed by atoms with Crippen molar-refractivity contribution in [2.45, 2.75) is 51.6 Å². The minimum absolute atomic E-state index is 0.0121. The minimum Gasteiger partial charge on any atom is -0.497 e. The molecule has 0 aliphatic rings. The lowest BCUT2D eigenvalue weighted by atomic mass is 10.2. The van der Waals surface area contributed by atoms with E-state index in [2.05, 4.69) is 54.3 Å². The number of tetrazole rings is 1. The fourth-order valence-electron chi connectivity index (χ4n) is 3.38. The molecule has 190 valence electrons. The molecule has 36 heavy (non-hydrogen) atoms. The predicted octanol–water partition coefficient (Wildman–Crippen LogP) is 6.07. The van der Waals surface area contributed by atoms with Gasteiger partial charge in [-0.15, -0.1) is 10.2 Å². The normalized spacial score (nSPS) is 13.1. The summed E-state index contributed by atoms with van der Waals surface area (Å²) in [6.45, 7) is 11.8. The average Bonchev–Trinajstić information content (AvgIpc) is 3.29. The van der Waals surface area contributed by atoms with Crippen molar-refractivity contribution in [1.29, 1.82) is 0 Å². The Morgan fingerprint density at radius 1 is 1.00 bits per heavy atom. The van der Waals surface area contributed by atoms with E-state index in [0.29, 0.717) is 23.3 Å². The van der Waals surface area contributed by atoms with Gasteiger partial charge < -0.3 is 13.9 Å². The summed E-state index contributed by atoms with van der Waals surface area (Å²) in [5.74, 6) is 2.02. The van der Waals surface area contributed by atoms with Gasteiger partial charge in [-0.1, -0.05) is 44.5 Å². The molecule has 0 saturated carbocycles. The van der Waals surface area contributed by atoms with Crippen LogP contribution in [0.5, 0.6) is 11.5 Å². The average molecular weight is 526 g/mol. The van der Waals surface area contributed by atoms with E-state index in [1.807, 2.05) is 48.5 Å². The number of methoxy groups -OCH3 is 1. The lowest BCUT2D eigenvalue weighted by molar-refractivity contribution is 0.108. The van der Waals surface area contributed by atoms with Gasteiger partial charge in [0, 0.05) is 5.39 Å². The molecule has 0 fully saturated rings. The van der Waals surface area contributed by atoms with Crippen LogP contribution in [0.25, 0.3) is 10.9 Å². The van der Waals surface area contributed by atoms with E-state index in [1.54, 1.807) is 18.0 Å². The van der Waals surface area contributed by atoms with Gasteiger partial charge in [0.15, 0.2) is 8.32 Å². The number of ether oxygens (including phenoxy) is 2. The topological polar surface area (TPSA) is 84.2 Å². The Balaban J connectivity index is 1.54. The van der Waals surface area contributed by atoms with Gasteiger partial charge in [-0.2, -0.15) is 4.80 Å². The van der Waals surface area contributed by atoms with Gasteiger partial charge in [0.1, 0.15) is 29.4 Å². The van der Waals surface area contributed by atoms with Crippen molar-refractivity contribution < 1.29 is 13.9 Å². The predicted molar refractivity (Wildman–Crippen MR) is 143 cm³/mol. The molecule has 4 aromatic rings. The number of benzene rings is 2. The first kappa shape index (κ1) is 26.1. The first-order valence-electron chi connectivity index (χ1n) is 11.8. The molecule has 0 N–H and O–H groups in total. The molecule has 2 aromatic carbocycles. The summed E-state index contributed by atoms with van der Waals surface area (Å²) in [5.41, 5.74) is 1.86. The molecule has 2 heterocycles. The van der Waals surface area contributed by atoms with E-state index in [-0.39, 0.29) is 11.6 Å². The minimum atomic E-state index is -2.15. The van der Waals surface area contributed by atoms with Gasteiger partial charge in [-0.05, 0) is 71.4 Å². The highest BCUT2D eigenvalue weighted by atomic mass is 35.5. The third kappa shape index (κ3) is 6.21. The summed E-state index contributed by atoms with van der Waals surface area (Å²) >= 11 is 6.01. The first-order chi connectivity index (χ1) is 17.0. The van der Waals surface area contributed by atoms with Crippen molar-refractivity contribution in [3.05, 3.63) is 71.1 Å². The molecular formula is C26H32ClN5O3Si. The van der Waals surface area contributed by atoms with Gasteiger partial charge in [-0.3, -0.25) is 0 Å². The maximum Gasteiger partial charge on any atom is 0.205 e. The van der Waals surface area contributed by atoms with Crippen LogP contribution in [0.1, 0.15) is 38.3 Å². The Morgan fingerprint density at radius 3 is 2.42 bits per heavy atom. The number of halogens is 1. The summed E-state index contributed by atoms with van der Waals surface area (Å²) in [5, 5.41) is 14.7. The number of aromatic nitrogens is 5. The van der Waals surface area contributed by atoms with Gasteiger partial charge >= 0.3 is 0 Å². The fraction of sp³-hybridized carbons (Fsp3) is 0.385. The smallest absolute Gasteiger partial charge is 0.205 e. The van der Waals surface area contributed by atoms with Crippen LogP contribution in [0, 0.1) is 0 Å². The quantitative estimate of drug-likeness (QED) is 0.193. The molecule has 4 rings (SSSR count). The summed E-state index contributed by atoms with van der Waals surface area (Å²) in [6.07, 6.45) is -0.463. The van der Waals surface area contributed by atoms with E-state index in [0.717, 1.165) is 22.2 Å². The Bertz CT molecular complexity index is 1320. The maximum atomic E-state index is 6.70. The Kier molecular flexibility index (Phi) is 7.63. The van der Waals surface area contributed by atoms with Gasteiger partial charge in [-0.25, -0.2) is 4.98 Å². The maximum absolute atomic E-state index is 6.70. The Hall–Kier alpha value is -3.01. The van der Waals surface area contributed by atoms with Crippen molar-refractivity contribution in [3.8, 4) is 11.5 Å². The van der Waals surface area contributed by atoms with Crippen LogP contribution in [0.3, 0.4) is 0 Å². The molecule has 10 heteroatoms. The van der Waals surface area contributed by atoms with Crippen LogP contribution in [0.4, 0.5) is 0 Å². The van der Waals surface area contributed by atoms with Crippen molar-refractivity contribution in [2.75, 3.05) is 13.7 Å². The second-order valence-corrected chi connectivity index (χ2v) is 15.3. The van der Waals surface area contributed by atoms with Crippen molar-refractivity contribution in [1.82, 2.24) is 25.2 Å². The zero-order valence-electron chi connectivity index (χ0n) is 21.5. The largest absolute Gasteiger partial charge is 0.497 e. The third-order valence-corrected chi connectivity index (χ3v) is 11.2. The summed E-state index contributed by atoms with van der Waals surface area (Å²) in [6, 6.07) is 17.2. The van der Waals surface area contributed by atoms with Crippen LogP contribution in [0.2, 0.25) is 23.3 Å². The summed E-state index contributed by atoms with van der Waals surface area (Å²) in [7, 11) is -0.502. The molecule has 8 nitrogen and oxygen atoms in total. The van der Waals surface area contributed by atoms with Crippen LogP contribution in [-0.4, -0.2) is 47.2 Å². The van der Waals surface area contributed by atoms with Crippen molar-refractivity contribution in [3.63, 3.8) is 0 Å². The van der Waals surface area contributed by atoms with Crippen LogP contribution in [0.15, 0.2) is 54.6 Å². The summed E-state index contributed by atoms with van der Waals surface area (Å²) in [4.78, 5) is 5.91. The standard InChI is InChI=1S/C26H32ClN5O3Si/c1-26(2,3)36(5,6)35-23(17-34-21-12-13-22-19(15-21)9-14-24(27)28-22)25-29-31-32(30-25)16-18-7-10-20(33-4)11-8-18/h7-15,23H,16-17H2,1-6H3. The molecule has 0 radical (unpaired) electrons. The molecule has 1 atom stereocenters. The monoisotopic (exact) mass is 525 g/mol. The lowest BCUT2D eigenvalue weighted by Crippen LogP contribution is -2.43. The molecule has 0 amide bonds. The second-order valence-electron chi connectivity index (χ2n) is 10.2. The number of fused-ring (bicyclic) bond motifs is 1. The highest BCUT2D eigenvalue weighted by molar-refractivity contribution is 6.74. The van der Waals surface area contributed by atoms with E-state index >= 15 is 0 Å². The number of nitrogens with zero attached hydrogens (tertiary/aromatic N) is 5. The van der Waals surface area contributed by atoms with Crippen LogP contribution >= 0.6 is 11.6 Å². The fourth-order valence-corrected chi connectivity index (χ4v) is 4.77. The number of hydrogen-bond acceptors (Lipinski definition) is 7. The molecular weight excluding hydrogens is 494 g/mol. The zero-order chi connectivity index (χ0) is 25.9. The number of hydrogen-bond donors (Lipinski definition) is 0. The highest BCUT2D eigenvalue weighted by Gasteiger charge is 2.40. The molecule has 0 aliphatic heterocycles. The van der Waals surface area contributed by atoms with Gasteiger partial charge in [0.25, 0.3) is 0 Å². The van der Waals surface area contributed by atoms with Crippen LogP contribution < -0.4 is 9.47 Å². The Labute approximate surface area is 217 Å². The van der Waals surface area contributed by atoms with Crippen LogP contribution in [-0.2, 0) is 11.0 Å². The Morgan fingerprint density at radius 2 is 1.72 bits per heavy atom. The number of pyridine rings is 1. The molecule has 2 aromatic heterocycles. The second kappa shape index (κ2) is 10.5. The SMILES string of the molecule is COc1ccc(Cn2nnc(C(COc3ccc4nc(Cl)ccc4c3)O[Si](C)(C)C(C)(C)C)n2)cc1. The molecule has 0 bridgehead atoms. The molecule has 0 saturated heterocycles. The van der Waals surface area contributed by atoms with Gasteiger partial charge in [0.05, 0.1) is 19.2 Å².